The van der Waals surface area contributed by atoms with Gasteiger partial charge in [0.25, 0.3) is 0 Å². The fourth-order valence-corrected chi connectivity index (χ4v) is 5.19. The Bertz CT molecular complexity index is 605. The Morgan fingerprint density at radius 3 is 3.05 bits per heavy atom. The van der Waals surface area contributed by atoms with Gasteiger partial charge in [0.05, 0.1) is 0 Å². The predicted molar refractivity (Wildman–Crippen MR) is 74.9 cm³/mol. The van der Waals surface area contributed by atoms with Crippen LogP contribution in [0.3, 0.4) is 0 Å². The Morgan fingerprint density at radius 1 is 1.21 bits per heavy atom. The monoisotopic (exact) mass is 253 g/mol. The predicted octanol–water partition coefficient (Wildman–Crippen LogP) is 2.86. The molecule has 1 aromatic rings. The molecule has 0 radical (unpaired) electrons. The van der Waals surface area contributed by atoms with Gasteiger partial charge < -0.3 is 10.4 Å². The molecule has 19 heavy (non-hydrogen) atoms. The third-order valence-corrected chi connectivity index (χ3v) is 6.08. The van der Waals surface area contributed by atoms with Crippen LogP contribution >= 0.6 is 0 Å². The Labute approximate surface area is 113 Å². The summed E-state index contributed by atoms with van der Waals surface area (Å²) < 4.78 is 0. The maximum absolute atomic E-state index is 9.65. The molecule has 0 bridgehead atoms. The minimum atomic E-state index is 0.412. The van der Waals surface area contributed by atoms with E-state index in [1.807, 2.05) is 12.1 Å². The molecule has 2 fully saturated rings. The first kappa shape index (κ1) is 10.5. The molecular formula is C17H19NO. The Kier molecular flexibility index (Phi) is 1.79. The molecular weight excluding hydrogens is 234 g/mol. The van der Waals surface area contributed by atoms with Crippen molar-refractivity contribution in [2.45, 2.75) is 43.7 Å². The van der Waals surface area contributed by atoms with Crippen LogP contribution in [0, 0.1) is 11.8 Å². The fraction of sp³-hybridized carbons (Fsp3) is 0.529. The first-order chi connectivity index (χ1) is 9.28. The molecule has 1 aromatic carbocycles. The van der Waals surface area contributed by atoms with Gasteiger partial charge in [0.1, 0.15) is 5.75 Å². The number of rotatable bonds is 0. The first-order valence-corrected chi connectivity index (χ1v) is 7.58. The lowest BCUT2D eigenvalue weighted by Gasteiger charge is -2.40. The van der Waals surface area contributed by atoms with Crippen molar-refractivity contribution in [3.63, 3.8) is 0 Å². The van der Waals surface area contributed by atoms with Crippen LogP contribution in [0.4, 0.5) is 0 Å². The SMILES string of the molecule is Oc1ccc2c(c1)CCC1C2=CCC23NC2CCC13. The highest BCUT2D eigenvalue weighted by atomic mass is 16.3. The van der Waals surface area contributed by atoms with Gasteiger partial charge in [0, 0.05) is 11.6 Å². The van der Waals surface area contributed by atoms with E-state index in [0.717, 1.165) is 24.3 Å². The molecule has 4 aliphatic rings. The molecule has 0 aromatic heterocycles. The molecule has 5 rings (SSSR count). The molecule has 1 spiro atoms. The number of phenols is 1. The van der Waals surface area contributed by atoms with Crippen molar-refractivity contribution in [3.8, 4) is 5.75 Å². The Morgan fingerprint density at radius 2 is 2.16 bits per heavy atom. The van der Waals surface area contributed by atoms with Gasteiger partial charge in [-0.1, -0.05) is 12.1 Å². The smallest absolute Gasteiger partial charge is 0.115 e. The zero-order valence-corrected chi connectivity index (χ0v) is 11.0. The molecule has 1 saturated carbocycles. The van der Waals surface area contributed by atoms with E-state index >= 15 is 0 Å². The van der Waals surface area contributed by atoms with Gasteiger partial charge in [-0.2, -0.15) is 0 Å². The van der Waals surface area contributed by atoms with Gasteiger partial charge in [-0.15, -0.1) is 0 Å². The van der Waals surface area contributed by atoms with E-state index in [1.165, 1.54) is 36.8 Å². The summed E-state index contributed by atoms with van der Waals surface area (Å²) in [4.78, 5) is 0. The van der Waals surface area contributed by atoms with E-state index in [0.29, 0.717) is 11.3 Å². The summed E-state index contributed by atoms with van der Waals surface area (Å²) in [7, 11) is 0. The van der Waals surface area contributed by atoms with Gasteiger partial charge in [0.15, 0.2) is 0 Å². The van der Waals surface area contributed by atoms with E-state index < -0.39 is 0 Å². The third-order valence-electron chi connectivity index (χ3n) is 6.08. The Balaban J connectivity index is 1.63. The quantitative estimate of drug-likeness (QED) is 0.698. The minimum Gasteiger partial charge on any atom is -0.508 e. The van der Waals surface area contributed by atoms with Crippen LogP contribution in [0.25, 0.3) is 5.57 Å². The largest absolute Gasteiger partial charge is 0.508 e. The molecule has 0 amide bonds. The van der Waals surface area contributed by atoms with E-state index in [9.17, 15) is 5.11 Å². The van der Waals surface area contributed by atoms with Crippen molar-refractivity contribution in [2.75, 3.05) is 0 Å². The third kappa shape index (κ3) is 1.21. The van der Waals surface area contributed by atoms with Gasteiger partial charge in [0.2, 0.25) is 0 Å². The standard InChI is InChI=1S/C17H19NO/c19-11-2-4-12-10(9-11)1-3-14-13(12)7-8-17-15(14)5-6-16(17)18-17/h2,4,7,9,14-16,18-19H,1,3,5-6,8H2. The average Bonchev–Trinajstić information content (AvgIpc) is 3.00. The highest BCUT2D eigenvalue weighted by Gasteiger charge is 2.64. The molecule has 98 valence electrons. The maximum Gasteiger partial charge on any atom is 0.115 e. The van der Waals surface area contributed by atoms with E-state index in [2.05, 4.69) is 17.5 Å². The Hall–Kier alpha value is -1.28. The fourth-order valence-electron chi connectivity index (χ4n) is 5.19. The number of piperidine rings is 1. The van der Waals surface area contributed by atoms with Gasteiger partial charge in [-0.05, 0) is 72.8 Å². The number of phenolic OH excluding ortho intramolecular Hbond substituents is 1. The molecule has 2 nitrogen and oxygen atoms in total. The zero-order chi connectivity index (χ0) is 12.6. The summed E-state index contributed by atoms with van der Waals surface area (Å²) in [5.41, 5.74) is 4.82. The van der Waals surface area contributed by atoms with Crippen molar-refractivity contribution in [1.29, 1.82) is 0 Å². The molecule has 3 aliphatic carbocycles. The highest BCUT2D eigenvalue weighted by molar-refractivity contribution is 5.74. The normalized spacial score (nSPS) is 41.7. The molecule has 4 unspecified atom stereocenters. The second-order valence-corrected chi connectivity index (χ2v) is 6.77. The van der Waals surface area contributed by atoms with Crippen molar-refractivity contribution < 1.29 is 5.11 Å². The number of aryl methyl sites for hydroxylation is 1. The van der Waals surface area contributed by atoms with Crippen LogP contribution in [0.15, 0.2) is 24.3 Å². The second kappa shape index (κ2) is 3.24. The highest BCUT2D eigenvalue weighted by Crippen LogP contribution is 2.59. The number of hydrogen-bond donors (Lipinski definition) is 2. The van der Waals surface area contributed by atoms with E-state index in [-0.39, 0.29) is 0 Å². The minimum absolute atomic E-state index is 0.412. The van der Waals surface area contributed by atoms with Crippen molar-refractivity contribution in [1.82, 2.24) is 5.32 Å². The summed E-state index contributed by atoms with van der Waals surface area (Å²) in [6, 6.07) is 6.76. The van der Waals surface area contributed by atoms with Crippen LogP contribution < -0.4 is 5.32 Å². The number of benzene rings is 1. The topological polar surface area (TPSA) is 42.2 Å². The van der Waals surface area contributed by atoms with Gasteiger partial charge in [-0.25, -0.2) is 0 Å². The summed E-state index contributed by atoms with van der Waals surface area (Å²) in [5, 5.41) is 13.4. The molecule has 4 atom stereocenters. The van der Waals surface area contributed by atoms with Gasteiger partial charge in [-0.3, -0.25) is 0 Å². The lowest BCUT2D eigenvalue weighted by molar-refractivity contribution is 0.289. The van der Waals surface area contributed by atoms with E-state index in [1.54, 1.807) is 5.57 Å². The van der Waals surface area contributed by atoms with Crippen molar-refractivity contribution in [2.24, 2.45) is 11.8 Å². The number of allylic oxidation sites excluding steroid dienone is 1. The van der Waals surface area contributed by atoms with Crippen LogP contribution in [-0.2, 0) is 6.42 Å². The molecule has 1 heterocycles. The van der Waals surface area contributed by atoms with Crippen LogP contribution in [0.2, 0.25) is 0 Å². The first-order valence-electron chi connectivity index (χ1n) is 7.58. The molecule has 1 saturated heterocycles. The van der Waals surface area contributed by atoms with Crippen molar-refractivity contribution in [3.05, 3.63) is 35.4 Å². The van der Waals surface area contributed by atoms with Crippen LogP contribution in [-0.4, -0.2) is 16.7 Å². The summed E-state index contributed by atoms with van der Waals surface area (Å²) in [5.74, 6) is 2.03. The molecule has 2 heteroatoms. The van der Waals surface area contributed by atoms with Crippen LogP contribution in [0.1, 0.15) is 36.8 Å². The van der Waals surface area contributed by atoms with E-state index in [4.69, 9.17) is 0 Å². The number of aromatic hydroxyl groups is 1. The summed E-state index contributed by atoms with van der Waals surface area (Å²) in [6.45, 7) is 0. The maximum atomic E-state index is 9.65. The number of fused-ring (bicyclic) bond motifs is 4. The lowest BCUT2D eigenvalue weighted by atomic mass is 9.65. The van der Waals surface area contributed by atoms with Gasteiger partial charge >= 0.3 is 0 Å². The van der Waals surface area contributed by atoms with Crippen LogP contribution in [0.5, 0.6) is 5.75 Å². The number of hydrogen-bond acceptors (Lipinski definition) is 2. The second-order valence-electron chi connectivity index (χ2n) is 6.77. The summed E-state index contributed by atoms with van der Waals surface area (Å²) >= 11 is 0. The lowest BCUT2D eigenvalue weighted by Crippen LogP contribution is -2.37. The summed E-state index contributed by atoms with van der Waals surface area (Å²) in [6.07, 6.45) is 8.90. The van der Waals surface area contributed by atoms with Crippen molar-refractivity contribution >= 4 is 5.57 Å². The molecule has 2 N–H and O–H groups in total. The molecule has 1 aliphatic heterocycles. The number of nitrogens with one attached hydrogen (secondary N) is 1. The zero-order valence-electron chi connectivity index (χ0n) is 11.0. The average molecular weight is 253 g/mol.